The zero-order valence-electron chi connectivity index (χ0n) is 15.9. The Morgan fingerprint density at radius 1 is 0.800 bits per heavy atom. The van der Waals surface area contributed by atoms with Crippen LogP contribution in [-0.4, -0.2) is 11.8 Å². The van der Waals surface area contributed by atoms with Gasteiger partial charge in [-0.2, -0.15) is 0 Å². The highest BCUT2D eigenvalue weighted by atomic mass is 35.5. The van der Waals surface area contributed by atoms with Crippen LogP contribution in [0.1, 0.15) is 5.56 Å². The third-order valence-corrected chi connectivity index (χ3v) is 6.16. The predicted molar refractivity (Wildman–Crippen MR) is 123 cm³/mol. The molecule has 0 fully saturated rings. The monoisotopic (exact) mass is 454 g/mol. The van der Waals surface area contributed by atoms with Crippen LogP contribution in [0.5, 0.6) is 0 Å². The van der Waals surface area contributed by atoms with Gasteiger partial charge in [0.2, 0.25) is 0 Å². The van der Waals surface area contributed by atoms with E-state index in [1.54, 1.807) is 36.4 Å². The number of hydrogen-bond acceptors (Lipinski definition) is 4. The molecular formula is C23H16Cl2N2O2S. The summed E-state index contributed by atoms with van der Waals surface area (Å²) in [4.78, 5) is 28.9. The van der Waals surface area contributed by atoms with Crippen LogP contribution in [0.4, 0.5) is 11.4 Å². The maximum Gasteiger partial charge on any atom is 0.283 e. The lowest BCUT2D eigenvalue weighted by molar-refractivity contribution is -0.120. The van der Waals surface area contributed by atoms with Gasteiger partial charge in [0.15, 0.2) is 0 Å². The van der Waals surface area contributed by atoms with Gasteiger partial charge < -0.3 is 5.32 Å². The van der Waals surface area contributed by atoms with E-state index in [9.17, 15) is 9.59 Å². The van der Waals surface area contributed by atoms with E-state index in [2.05, 4.69) is 5.32 Å². The van der Waals surface area contributed by atoms with Gasteiger partial charge in [0, 0.05) is 20.6 Å². The summed E-state index contributed by atoms with van der Waals surface area (Å²) in [6, 6.07) is 21.3. The Hall–Kier alpha value is -2.73. The second kappa shape index (κ2) is 8.56. The topological polar surface area (TPSA) is 49.4 Å². The number of nitrogens with one attached hydrogen (secondary N) is 1. The van der Waals surface area contributed by atoms with Crippen molar-refractivity contribution in [1.82, 2.24) is 0 Å². The fraction of sp³-hybridized carbons (Fsp3) is 0.0435. The number of hydrogen-bond donors (Lipinski definition) is 1. The second-order valence-electron chi connectivity index (χ2n) is 6.62. The van der Waals surface area contributed by atoms with Crippen LogP contribution < -0.4 is 10.2 Å². The maximum absolute atomic E-state index is 13.3. The van der Waals surface area contributed by atoms with Gasteiger partial charge in [-0.25, -0.2) is 4.90 Å². The number of aryl methyl sites for hydroxylation is 1. The third kappa shape index (κ3) is 4.10. The summed E-state index contributed by atoms with van der Waals surface area (Å²) in [7, 11) is 0. The molecule has 1 N–H and O–H groups in total. The van der Waals surface area contributed by atoms with Crippen molar-refractivity contribution in [3.63, 3.8) is 0 Å². The van der Waals surface area contributed by atoms with Gasteiger partial charge in [-0.1, -0.05) is 53.2 Å². The highest BCUT2D eigenvalue weighted by Gasteiger charge is 2.40. The lowest BCUT2D eigenvalue weighted by Crippen LogP contribution is -2.32. The molecule has 0 unspecified atom stereocenters. The molecule has 0 aliphatic carbocycles. The molecule has 3 aromatic rings. The first-order chi connectivity index (χ1) is 14.4. The van der Waals surface area contributed by atoms with E-state index in [1.807, 2.05) is 43.3 Å². The molecule has 150 valence electrons. The SMILES string of the molecule is Cc1ccccc1NC1=C(Sc2ccc(Cl)cc2)C(=O)N(c2ccc(Cl)cc2)C1=O. The Kier molecular flexibility index (Phi) is 5.86. The van der Waals surface area contributed by atoms with E-state index in [0.29, 0.717) is 20.6 Å². The molecule has 0 atom stereocenters. The van der Waals surface area contributed by atoms with Crippen LogP contribution in [0, 0.1) is 6.92 Å². The van der Waals surface area contributed by atoms with Crippen LogP contribution >= 0.6 is 35.0 Å². The Morgan fingerprint density at radius 2 is 1.40 bits per heavy atom. The lowest BCUT2D eigenvalue weighted by atomic mass is 10.2. The summed E-state index contributed by atoms with van der Waals surface area (Å²) in [5.74, 6) is -0.805. The van der Waals surface area contributed by atoms with Gasteiger partial charge in [0.25, 0.3) is 11.8 Å². The molecule has 0 saturated carbocycles. The van der Waals surface area contributed by atoms with Crippen LogP contribution in [-0.2, 0) is 9.59 Å². The average molecular weight is 455 g/mol. The van der Waals surface area contributed by atoms with E-state index >= 15 is 0 Å². The minimum atomic E-state index is -0.415. The zero-order chi connectivity index (χ0) is 21.3. The van der Waals surface area contributed by atoms with Crippen molar-refractivity contribution in [2.75, 3.05) is 10.2 Å². The molecule has 4 nitrogen and oxygen atoms in total. The molecule has 1 heterocycles. The Bertz CT molecular complexity index is 1160. The van der Waals surface area contributed by atoms with Crippen LogP contribution in [0.2, 0.25) is 10.0 Å². The van der Waals surface area contributed by atoms with Gasteiger partial charge in [-0.3, -0.25) is 9.59 Å². The number of rotatable bonds is 5. The summed E-state index contributed by atoms with van der Waals surface area (Å²) in [6.07, 6.45) is 0. The Morgan fingerprint density at radius 3 is 2.03 bits per heavy atom. The summed E-state index contributed by atoms with van der Waals surface area (Å²) >= 11 is 13.2. The molecular weight excluding hydrogens is 439 g/mol. The maximum atomic E-state index is 13.3. The summed E-state index contributed by atoms with van der Waals surface area (Å²) in [6.45, 7) is 1.94. The second-order valence-corrected chi connectivity index (χ2v) is 8.58. The van der Waals surface area contributed by atoms with Gasteiger partial charge >= 0.3 is 0 Å². The highest BCUT2D eigenvalue weighted by molar-refractivity contribution is 8.04. The summed E-state index contributed by atoms with van der Waals surface area (Å²) in [5.41, 5.74) is 2.43. The number of nitrogens with zero attached hydrogens (tertiary/aromatic N) is 1. The summed E-state index contributed by atoms with van der Waals surface area (Å²) in [5, 5.41) is 4.30. The molecule has 0 saturated heterocycles. The molecule has 3 aromatic carbocycles. The van der Waals surface area contributed by atoms with Gasteiger partial charge in [0.1, 0.15) is 10.6 Å². The van der Waals surface area contributed by atoms with E-state index < -0.39 is 11.8 Å². The van der Waals surface area contributed by atoms with E-state index in [-0.39, 0.29) is 5.70 Å². The molecule has 7 heteroatoms. The van der Waals surface area contributed by atoms with Crippen LogP contribution in [0.15, 0.2) is 88.3 Å². The largest absolute Gasteiger partial charge is 0.350 e. The first kappa shape index (κ1) is 20.5. The minimum Gasteiger partial charge on any atom is -0.350 e. The van der Waals surface area contributed by atoms with Crippen LogP contribution in [0.3, 0.4) is 0 Å². The summed E-state index contributed by atoms with van der Waals surface area (Å²) < 4.78 is 0. The Labute approximate surface area is 188 Å². The fourth-order valence-electron chi connectivity index (χ4n) is 3.01. The van der Waals surface area contributed by atoms with Gasteiger partial charge in [0.05, 0.1) is 5.69 Å². The molecule has 1 aliphatic rings. The molecule has 30 heavy (non-hydrogen) atoms. The number of carbonyl (C=O) groups excluding carboxylic acids is 2. The fourth-order valence-corrected chi connectivity index (χ4v) is 4.19. The smallest absolute Gasteiger partial charge is 0.283 e. The van der Waals surface area contributed by atoms with Gasteiger partial charge in [-0.05, 0) is 67.1 Å². The lowest BCUT2D eigenvalue weighted by Gasteiger charge is -2.15. The number of imide groups is 1. The number of benzene rings is 3. The van der Waals surface area contributed by atoms with E-state index in [1.165, 1.54) is 11.8 Å². The number of anilines is 2. The number of para-hydroxylation sites is 1. The molecule has 4 rings (SSSR count). The van der Waals surface area contributed by atoms with E-state index in [0.717, 1.165) is 21.0 Å². The molecule has 0 spiro atoms. The third-order valence-electron chi connectivity index (χ3n) is 4.56. The average Bonchev–Trinajstić information content (AvgIpc) is 2.96. The number of amides is 2. The minimum absolute atomic E-state index is 0.240. The van der Waals surface area contributed by atoms with Crippen molar-refractivity contribution in [2.24, 2.45) is 0 Å². The van der Waals surface area contributed by atoms with Crippen molar-refractivity contribution in [2.45, 2.75) is 11.8 Å². The first-order valence-corrected chi connectivity index (χ1v) is 10.7. The van der Waals surface area contributed by atoms with Crippen molar-refractivity contribution in [1.29, 1.82) is 0 Å². The molecule has 0 radical (unpaired) electrons. The zero-order valence-corrected chi connectivity index (χ0v) is 18.2. The number of thioether (sulfide) groups is 1. The van der Waals surface area contributed by atoms with Crippen LogP contribution in [0.25, 0.3) is 0 Å². The van der Waals surface area contributed by atoms with Gasteiger partial charge in [-0.15, -0.1) is 0 Å². The van der Waals surface area contributed by atoms with E-state index in [4.69, 9.17) is 23.2 Å². The van der Waals surface area contributed by atoms with Crippen molar-refractivity contribution < 1.29 is 9.59 Å². The molecule has 2 amide bonds. The molecule has 0 bridgehead atoms. The first-order valence-electron chi connectivity index (χ1n) is 9.09. The number of halogens is 2. The quantitative estimate of drug-likeness (QED) is 0.460. The van der Waals surface area contributed by atoms with Crippen molar-refractivity contribution in [3.8, 4) is 0 Å². The van der Waals surface area contributed by atoms with Crippen molar-refractivity contribution >= 4 is 58.2 Å². The molecule has 0 aromatic heterocycles. The standard InChI is InChI=1S/C23H16Cl2N2O2S/c1-14-4-2-3-5-19(14)26-20-21(30-18-12-8-16(25)9-13-18)23(29)27(22(20)28)17-10-6-15(24)7-11-17/h2-13,26H,1H3. The predicted octanol–water partition coefficient (Wildman–Crippen LogP) is 6.29. The van der Waals surface area contributed by atoms with Crippen molar-refractivity contribution in [3.05, 3.63) is 99.0 Å². The Balaban J connectivity index is 1.75. The highest BCUT2D eigenvalue weighted by Crippen LogP contribution is 2.38. The number of carbonyl (C=O) groups is 2. The molecule has 1 aliphatic heterocycles. The normalized spacial score (nSPS) is 13.9.